The molecule has 0 atom stereocenters. The summed E-state index contributed by atoms with van der Waals surface area (Å²) >= 11 is 0. The van der Waals surface area contributed by atoms with E-state index in [4.69, 9.17) is 9.47 Å². The monoisotopic (exact) mass is 374 g/mol. The molecule has 28 heavy (non-hydrogen) atoms. The third-order valence-electron chi connectivity index (χ3n) is 4.07. The summed E-state index contributed by atoms with van der Waals surface area (Å²) in [5.41, 5.74) is 3.86. The molecule has 3 aromatic rings. The van der Waals surface area contributed by atoms with Crippen LogP contribution >= 0.6 is 0 Å². The molecule has 0 aliphatic heterocycles. The third-order valence-corrected chi connectivity index (χ3v) is 4.07. The Morgan fingerprint density at radius 1 is 1.07 bits per heavy atom. The van der Waals surface area contributed by atoms with Crippen LogP contribution in [0.1, 0.15) is 22.8 Å². The number of benzene rings is 3. The summed E-state index contributed by atoms with van der Waals surface area (Å²) in [6.07, 6.45) is 3.29. The van der Waals surface area contributed by atoms with E-state index in [1.807, 2.05) is 43.3 Å². The van der Waals surface area contributed by atoms with Crippen LogP contribution in [0.15, 0.2) is 78.4 Å². The largest absolute Gasteiger partial charge is 0.494 e. The molecule has 1 N–H and O–H groups in total. The highest BCUT2D eigenvalue weighted by Crippen LogP contribution is 2.26. The molecular weight excluding hydrogens is 352 g/mol. The second-order valence-corrected chi connectivity index (χ2v) is 5.95. The summed E-state index contributed by atoms with van der Waals surface area (Å²) in [4.78, 5) is 12.3. The predicted octanol–water partition coefficient (Wildman–Crippen LogP) is 4.57. The maximum atomic E-state index is 12.3. The minimum absolute atomic E-state index is 0.298. The van der Waals surface area contributed by atoms with E-state index in [9.17, 15) is 4.79 Å². The summed E-state index contributed by atoms with van der Waals surface area (Å²) < 4.78 is 11.1. The lowest BCUT2D eigenvalue weighted by molar-refractivity contribution is 0.0955. The highest BCUT2D eigenvalue weighted by atomic mass is 16.5. The SMILES string of the molecule is C=CCOc1ccc2ccccc2c1/C=N\NC(=O)c1ccc(OCC)cc1. The fourth-order valence-corrected chi connectivity index (χ4v) is 2.77. The van der Waals surface area contributed by atoms with Crippen LogP contribution in [-0.4, -0.2) is 25.3 Å². The molecule has 142 valence electrons. The number of carbonyl (C=O) groups is 1. The van der Waals surface area contributed by atoms with Crippen molar-refractivity contribution in [2.45, 2.75) is 6.92 Å². The maximum Gasteiger partial charge on any atom is 0.271 e. The average molecular weight is 374 g/mol. The number of hydrazone groups is 1. The Bertz CT molecular complexity index is 994. The number of hydrogen-bond donors (Lipinski definition) is 1. The Morgan fingerprint density at radius 2 is 1.86 bits per heavy atom. The quantitative estimate of drug-likeness (QED) is 0.357. The zero-order chi connectivity index (χ0) is 19.8. The topological polar surface area (TPSA) is 59.9 Å². The smallest absolute Gasteiger partial charge is 0.271 e. The fraction of sp³-hybridized carbons (Fsp3) is 0.130. The van der Waals surface area contributed by atoms with E-state index in [2.05, 4.69) is 17.1 Å². The minimum atomic E-state index is -0.298. The van der Waals surface area contributed by atoms with Gasteiger partial charge in [-0.25, -0.2) is 5.43 Å². The number of nitrogens with zero attached hydrogens (tertiary/aromatic N) is 1. The van der Waals surface area contributed by atoms with E-state index >= 15 is 0 Å². The molecular formula is C23H22N2O3. The molecule has 5 nitrogen and oxygen atoms in total. The van der Waals surface area contributed by atoms with Crippen LogP contribution in [-0.2, 0) is 0 Å². The molecule has 0 fully saturated rings. The molecule has 0 radical (unpaired) electrons. The summed E-state index contributed by atoms with van der Waals surface area (Å²) in [7, 11) is 0. The Kier molecular flexibility index (Phi) is 6.41. The third kappa shape index (κ3) is 4.57. The second kappa shape index (κ2) is 9.37. The molecule has 3 aromatic carbocycles. The molecule has 0 saturated carbocycles. The summed E-state index contributed by atoms with van der Waals surface area (Å²) in [5.74, 6) is 1.10. The van der Waals surface area contributed by atoms with Gasteiger partial charge in [0.1, 0.15) is 18.1 Å². The van der Waals surface area contributed by atoms with Gasteiger partial charge in [0.2, 0.25) is 0 Å². The number of amides is 1. The minimum Gasteiger partial charge on any atom is -0.494 e. The van der Waals surface area contributed by atoms with Crippen LogP contribution in [0.3, 0.4) is 0 Å². The van der Waals surface area contributed by atoms with Gasteiger partial charge >= 0.3 is 0 Å². The lowest BCUT2D eigenvalue weighted by Gasteiger charge is -2.10. The van der Waals surface area contributed by atoms with Crippen molar-refractivity contribution in [1.82, 2.24) is 5.43 Å². The van der Waals surface area contributed by atoms with Gasteiger partial charge in [-0.15, -0.1) is 0 Å². The van der Waals surface area contributed by atoms with Crippen molar-refractivity contribution in [3.63, 3.8) is 0 Å². The van der Waals surface area contributed by atoms with E-state index in [1.54, 1.807) is 36.6 Å². The van der Waals surface area contributed by atoms with Crippen LogP contribution in [0.5, 0.6) is 11.5 Å². The summed E-state index contributed by atoms with van der Waals surface area (Å²) in [5, 5.41) is 6.19. The van der Waals surface area contributed by atoms with Crippen molar-refractivity contribution in [3.05, 3.63) is 84.4 Å². The maximum absolute atomic E-state index is 12.3. The van der Waals surface area contributed by atoms with Gasteiger partial charge < -0.3 is 9.47 Å². The van der Waals surface area contributed by atoms with E-state index in [1.165, 1.54) is 0 Å². The van der Waals surface area contributed by atoms with Crippen LogP contribution in [0.25, 0.3) is 10.8 Å². The Hall–Kier alpha value is -3.60. The normalized spacial score (nSPS) is 10.8. The second-order valence-electron chi connectivity index (χ2n) is 5.95. The van der Waals surface area contributed by atoms with Crippen molar-refractivity contribution in [3.8, 4) is 11.5 Å². The number of fused-ring (bicyclic) bond motifs is 1. The molecule has 1 amide bonds. The van der Waals surface area contributed by atoms with Crippen LogP contribution in [0, 0.1) is 0 Å². The lowest BCUT2D eigenvalue weighted by Crippen LogP contribution is -2.17. The molecule has 0 bridgehead atoms. The number of ether oxygens (including phenoxy) is 2. The fourth-order valence-electron chi connectivity index (χ4n) is 2.77. The average Bonchev–Trinajstić information content (AvgIpc) is 2.73. The molecule has 0 aliphatic carbocycles. The van der Waals surface area contributed by atoms with Gasteiger partial charge in [-0.3, -0.25) is 4.79 Å². The van der Waals surface area contributed by atoms with Crippen LogP contribution < -0.4 is 14.9 Å². The number of carbonyl (C=O) groups excluding carboxylic acids is 1. The van der Waals surface area contributed by atoms with Crippen LogP contribution in [0.2, 0.25) is 0 Å². The Morgan fingerprint density at radius 3 is 2.61 bits per heavy atom. The van der Waals surface area contributed by atoms with Crippen molar-refractivity contribution >= 4 is 22.9 Å². The first-order valence-electron chi connectivity index (χ1n) is 9.04. The van der Waals surface area contributed by atoms with Gasteiger partial charge in [-0.2, -0.15) is 5.10 Å². The van der Waals surface area contributed by atoms with E-state index in [0.717, 1.165) is 22.1 Å². The zero-order valence-electron chi connectivity index (χ0n) is 15.7. The molecule has 0 aromatic heterocycles. The molecule has 0 aliphatic rings. The van der Waals surface area contributed by atoms with Crippen molar-refractivity contribution in [1.29, 1.82) is 0 Å². The Labute approximate surface area is 164 Å². The molecule has 5 heteroatoms. The Balaban J connectivity index is 1.79. The van der Waals surface area contributed by atoms with Gasteiger partial charge in [0.15, 0.2) is 0 Å². The zero-order valence-corrected chi connectivity index (χ0v) is 15.7. The van der Waals surface area contributed by atoms with Gasteiger partial charge in [0, 0.05) is 11.1 Å². The van der Waals surface area contributed by atoms with Crippen LogP contribution in [0.4, 0.5) is 0 Å². The van der Waals surface area contributed by atoms with E-state index in [0.29, 0.717) is 24.5 Å². The van der Waals surface area contributed by atoms with Crippen molar-refractivity contribution in [2.24, 2.45) is 5.10 Å². The van der Waals surface area contributed by atoms with Gasteiger partial charge in [0.05, 0.1) is 12.8 Å². The first-order chi connectivity index (χ1) is 13.7. The number of rotatable bonds is 8. The predicted molar refractivity (Wildman–Crippen MR) is 112 cm³/mol. The standard InChI is InChI=1S/C23H22N2O3/c1-3-15-28-22-14-11-17-7-5-6-8-20(17)21(22)16-24-25-23(26)18-9-12-19(13-10-18)27-4-2/h3,5-14,16H,1,4,15H2,2H3,(H,25,26)/b24-16-. The summed E-state index contributed by atoms with van der Waals surface area (Å²) in [6, 6.07) is 18.7. The lowest BCUT2D eigenvalue weighted by atomic mass is 10.0. The first-order valence-corrected chi connectivity index (χ1v) is 9.04. The highest BCUT2D eigenvalue weighted by molar-refractivity contribution is 6.03. The summed E-state index contributed by atoms with van der Waals surface area (Å²) in [6.45, 7) is 6.56. The molecule has 0 heterocycles. The number of hydrogen-bond acceptors (Lipinski definition) is 4. The number of nitrogens with one attached hydrogen (secondary N) is 1. The highest BCUT2D eigenvalue weighted by Gasteiger charge is 2.08. The van der Waals surface area contributed by atoms with E-state index in [-0.39, 0.29) is 5.91 Å². The van der Waals surface area contributed by atoms with Gasteiger partial charge in [0.25, 0.3) is 5.91 Å². The first kappa shape index (κ1) is 19.2. The van der Waals surface area contributed by atoms with Crippen molar-refractivity contribution in [2.75, 3.05) is 13.2 Å². The van der Waals surface area contributed by atoms with E-state index < -0.39 is 0 Å². The van der Waals surface area contributed by atoms with Gasteiger partial charge in [-0.05, 0) is 48.0 Å². The van der Waals surface area contributed by atoms with Gasteiger partial charge in [-0.1, -0.05) is 43.0 Å². The molecule has 0 unspecified atom stereocenters. The van der Waals surface area contributed by atoms with Crippen molar-refractivity contribution < 1.29 is 14.3 Å². The molecule has 0 spiro atoms. The molecule has 0 saturated heterocycles. The molecule has 3 rings (SSSR count).